The lowest BCUT2D eigenvalue weighted by atomic mass is 10.1. The number of rotatable bonds is 7. The van der Waals surface area contributed by atoms with E-state index in [-0.39, 0.29) is 11.8 Å². The van der Waals surface area contributed by atoms with Crippen LogP contribution in [0, 0.1) is 5.92 Å². The number of amides is 2. The van der Waals surface area contributed by atoms with Crippen molar-refractivity contribution < 1.29 is 9.59 Å². The lowest BCUT2D eigenvalue weighted by Gasteiger charge is -2.19. The van der Waals surface area contributed by atoms with Gasteiger partial charge in [0.25, 0.3) is 5.91 Å². The average Bonchev–Trinajstić information content (AvgIpc) is 2.46. The molecule has 0 radical (unpaired) electrons. The summed E-state index contributed by atoms with van der Waals surface area (Å²) >= 11 is 0. The van der Waals surface area contributed by atoms with Crippen molar-refractivity contribution in [2.24, 2.45) is 5.92 Å². The molecule has 0 unspecified atom stereocenters. The van der Waals surface area contributed by atoms with Gasteiger partial charge in [-0.2, -0.15) is 0 Å². The van der Waals surface area contributed by atoms with Gasteiger partial charge in [0.2, 0.25) is 5.91 Å². The van der Waals surface area contributed by atoms with Crippen LogP contribution in [-0.2, 0) is 4.79 Å². The van der Waals surface area contributed by atoms with E-state index in [9.17, 15) is 9.59 Å². The second-order valence-corrected chi connectivity index (χ2v) is 5.54. The van der Waals surface area contributed by atoms with Crippen LogP contribution in [0.1, 0.15) is 50.9 Å². The zero-order chi connectivity index (χ0) is 15.8. The van der Waals surface area contributed by atoms with Gasteiger partial charge in [0.15, 0.2) is 0 Å². The van der Waals surface area contributed by atoms with Crippen molar-refractivity contribution in [1.29, 1.82) is 0 Å². The molecule has 0 aliphatic rings. The Morgan fingerprint density at radius 3 is 2.43 bits per heavy atom. The van der Waals surface area contributed by atoms with Crippen molar-refractivity contribution in [3.05, 3.63) is 29.8 Å². The molecule has 0 aromatic heterocycles. The molecule has 0 heterocycles. The van der Waals surface area contributed by atoms with Gasteiger partial charge in [-0.05, 0) is 44.4 Å². The van der Waals surface area contributed by atoms with E-state index in [1.54, 1.807) is 23.1 Å². The molecular weight excluding hydrogens is 264 g/mol. The van der Waals surface area contributed by atoms with Crippen molar-refractivity contribution in [3.63, 3.8) is 0 Å². The third kappa shape index (κ3) is 5.58. The predicted octanol–water partition coefficient (Wildman–Crippen LogP) is 3.54. The fourth-order valence-corrected chi connectivity index (χ4v) is 2.07. The Bertz CT molecular complexity index is 479. The summed E-state index contributed by atoms with van der Waals surface area (Å²) < 4.78 is 0. The molecule has 21 heavy (non-hydrogen) atoms. The number of hydrogen-bond acceptors (Lipinski definition) is 2. The SMILES string of the molecule is CCN(CC)C(=O)c1cccc(NC(=O)CCC(C)C)c1. The number of nitrogens with one attached hydrogen (secondary N) is 1. The predicted molar refractivity (Wildman–Crippen MR) is 86.4 cm³/mol. The van der Waals surface area contributed by atoms with Crippen molar-refractivity contribution >= 4 is 17.5 Å². The first-order valence-corrected chi connectivity index (χ1v) is 7.67. The third-order valence-electron chi connectivity index (χ3n) is 3.39. The minimum Gasteiger partial charge on any atom is -0.339 e. The highest BCUT2D eigenvalue weighted by molar-refractivity contribution is 5.97. The lowest BCUT2D eigenvalue weighted by molar-refractivity contribution is -0.116. The molecule has 1 rings (SSSR count). The largest absolute Gasteiger partial charge is 0.339 e. The van der Waals surface area contributed by atoms with Crippen LogP contribution in [0.15, 0.2) is 24.3 Å². The zero-order valence-electron chi connectivity index (χ0n) is 13.5. The fourth-order valence-electron chi connectivity index (χ4n) is 2.07. The van der Waals surface area contributed by atoms with Crippen LogP contribution in [0.5, 0.6) is 0 Å². The van der Waals surface area contributed by atoms with Crippen molar-refractivity contribution in [3.8, 4) is 0 Å². The van der Waals surface area contributed by atoms with E-state index in [1.807, 2.05) is 19.9 Å². The maximum absolute atomic E-state index is 12.3. The fraction of sp³-hybridized carbons (Fsp3) is 0.529. The standard InChI is InChI=1S/C17H26N2O2/c1-5-19(6-2)17(21)14-8-7-9-15(12-14)18-16(20)11-10-13(3)4/h7-9,12-13H,5-6,10-11H2,1-4H3,(H,18,20). The molecule has 0 saturated heterocycles. The number of anilines is 1. The summed E-state index contributed by atoms with van der Waals surface area (Å²) in [5.74, 6) is 0.501. The van der Waals surface area contributed by atoms with E-state index in [0.717, 1.165) is 6.42 Å². The highest BCUT2D eigenvalue weighted by atomic mass is 16.2. The normalized spacial score (nSPS) is 10.5. The van der Waals surface area contributed by atoms with Crippen LogP contribution in [0.2, 0.25) is 0 Å². The number of carbonyl (C=O) groups is 2. The first-order valence-electron chi connectivity index (χ1n) is 7.67. The molecule has 0 saturated carbocycles. The van der Waals surface area contributed by atoms with Crippen molar-refractivity contribution in [2.75, 3.05) is 18.4 Å². The number of nitrogens with zero attached hydrogens (tertiary/aromatic N) is 1. The number of carbonyl (C=O) groups excluding carboxylic acids is 2. The molecule has 0 atom stereocenters. The summed E-state index contributed by atoms with van der Waals surface area (Å²) in [7, 11) is 0. The molecule has 116 valence electrons. The van der Waals surface area contributed by atoms with Crippen LogP contribution in [-0.4, -0.2) is 29.8 Å². The van der Waals surface area contributed by atoms with Crippen LogP contribution in [0.25, 0.3) is 0 Å². The van der Waals surface area contributed by atoms with Crippen LogP contribution in [0.3, 0.4) is 0 Å². The van der Waals surface area contributed by atoms with Gasteiger partial charge in [-0.25, -0.2) is 0 Å². The summed E-state index contributed by atoms with van der Waals surface area (Å²) in [4.78, 5) is 25.9. The molecule has 4 nitrogen and oxygen atoms in total. The first-order chi connectivity index (χ1) is 9.97. The Labute approximate surface area is 127 Å². The monoisotopic (exact) mass is 290 g/mol. The molecule has 0 fully saturated rings. The van der Waals surface area contributed by atoms with Crippen LogP contribution in [0.4, 0.5) is 5.69 Å². The van der Waals surface area contributed by atoms with Gasteiger partial charge in [-0.1, -0.05) is 19.9 Å². The van der Waals surface area contributed by atoms with E-state index in [4.69, 9.17) is 0 Å². The highest BCUT2D eigenvalue weighted by Crippen LogP contribution is 2.14. The Balaban J connectivity index is 2.72. The number of hydrogen-bond donors (Lipinski definition) is 1. The topological polar surface area (TPSA) is 49.4 Å². The maximum atomic E-state index is 12.3. The lowest BCUT2D eigenvalue weighted by Crippen LogP contribution is -2.30. The Kier molecular flexibility index (Phi) is 6.92. The van der Waals surface area contributed by atoms with E-state index >= 15 is 0 Å². The molecule has 4 heteroatoms. The molecule has 0 spiro atoms. The van der Waals surface area contributed by atoms with E-state index in [1.165, 1.54) is 0 Å². The molecule has 1 N–H and O–H groups in total. The summed E-state index contributed by atoms with van der Waals surface area (Å²) in [5.41, 5.74) is 1.29. The number of benzene rings is 1. The summed E-state index contributed by atoms with van der Waals surface area (Å²) in [5, 5.41) is 2.86. The average molecular weight is 290 g/mol. The van der Waals surface area contributed by atoms with Gasteiger partial charge in [-0.3, -0.25) is 9.59 Å². The van der Waals surface area contributed by atoms with E-state index < -0.39 is 0 Å². The van der Waals surface area contributed by atoms with Gasteiger partial charge in [0.1, 0.15) is 0 Å². The third-order valence-corrected chi connectivity index (χ3v) is 3.39. The van der Waals surface area contributed by atoms with Crippen molar-refractivity contribution in [2.45, 2.75) is 40.5 Å². The highest BCUT2D eigenvalue weighted by Gasteiger charge is 2.13. The van der Waals surface area contributed by atoms with Crippen LogP contribution >= 0.6 is 0 Å². The summed E-state index contributed by atoms with van der Waals surface area (Å²) in [6, 6.07) is 7.14. The Morgan fingerprint density at radius 2 is 1.86 bits per heavy atom. The van der Waals surface area contributed by atoms with Gasteiger partial charge in [0, 0.05) is 30.8 Å². The quantitative estimate of drug-likeness (QED) is 0.835. The second kappa shape index (κ2) is 8.45. The van der Waals surface area contributed by atoms with Crippen LogP contribution < -0.4 is 5.32 Å². The molecule has 0 aliphatic heterocycles. The van der Waals surface area contributed by atoms with Crippen molar-refractivity contribution in [1.82, 2.24) is 4.90 Å². The summed E-state index contributed by atoms with van der Waals surface area (Å²) in [6.07, 6.45) is 1.37. The Hall–Kier alpha value is -1.84. The minimum absolute atomic E-state index is 0.00159. The Morgan fingerprint density at radius 1 is 1.19 bits per heavy atom. The molecular formula is C17H26N2O2. The molecule has 1 aromatic carbocycles. The molecule has 2 amide bonds. The summed E-state index contributed by atoms with van der Waals surface area (Å²) in [6.45, 7) is 9.46. The molecule has 1 aromatic rings. The molecule has 0 bridgehead atoms. The molecule has 0 aliphatic carbocycles. The van der Waals surface area contributed by atoms with Gasteiger partial charge >= 0.3 is 0 Å². The smallest absolute Gasteiger partial charge is 0.253 e. The van der Waals surface area contributed by atoms with E-state index in [2.05, 4.69) is 19.2 Å². The van der Waals surface area contributed by atoms with Gasteiger partial charge in [-0.15, -0.1) is 0 Å². The maximum Gasteiger partial charge on any atom is 0.253 e. The van der Waals surface area contributed by atoms with Gasteiger partial charge < -0.3 is 10.2 Å². The van der Waals surface area contributed by atoms with Gasteiger partial charge in [0.05, 0.1) is 0 Å². The first kappa shape index (κ1) is 17.2. The zero-order valence-corrected chi connectivity index (χ0v) is 13.5. The minimum atomic E-state index is -0.00358. The van der Waals surface area contributed by atoms with E-state index in [0.29, 0.717) is 36.7 Å². The second-order valence-electron chi connectivity index (χ2n) is 5.54.